The van der Waals surface area contributed by atoms with Crippen molar-refractivity contribution < 1.29 is 0 Å². The van der Waals surface area contributed by atoms with Crippen molar-refractivity contribution in [2.45, 2.75) is 57.5 Å². The molecule has 3 nitrogen and oxygen atoms in total. The monoisotopic (exact) mass is 265 g/mol. The summed E-state index contributed by atoms with van der Waals surface area (Å²) in [6.45, 7) is 7.62. The van der Waals surface area contributed by atoms with Crippen LogP contribution in [0.5, 0.6) is 0 Å². The number of anilines is 1. The summed E-state index contributed by atoms with van der Waals surface area (Å²) in [6.07, 6.45) is 4.62. The fraction of sp³-hybridized carbons (Fsp3) is 0.714. The summed E-state index contributed by atoms with van der Waals surface area (Å²) in [5.74, 6) is 3.01. The molecule has 18 heavy (non-hydrogen) atoms. The second kappa shape index (κ2) is 6.41. The van der Waals surface area contributed by atoms with E-state index < -0.39 is 0 Å². The van der Waals surface area contributed by atoms with E-state index in [2.05, 4.69) is 26.1 Å². The maximum absolute atomic E-state index is 4.72. The van der Waals surface area contributed by atoms with Gasteiger partial charge in [-0.2, -0.15) is 11.8 Å². The van der Waals surface area contributed by atoms with Crippen molar-refractivity contribution in [2.75, 3.05) is 11.9 Å². The molecule has 0 aromatic carbocycles. The SMILES string of the molecule is CCCNc1nc(CSC(C)C)nc2c1CCC2. The summed E-state index contributed by atoms with van der Waals surface area (Å²) in [7, 11) is 0. The highest BCUT2D eigenvalue weighted by Gasteiger charge is 2.19. The molecule has 0 saturated carbocycles. The minimum atomic E-state index is 0.633. The number of hydrogen-bond acceptors (Lipinski definition) is 4. The number of nitrogens with zero attached hydrogens (tertiary/aromatic N) is 2. The van der Waals surface area contributed by atoms with Crippen molar-refractivity contribution >= 4 is 17.6 Å². The largest absolute Gasteiger partial charge is 0.370 e. The van der Waals surface area contributed by atoms with Crippen LogP contribution in [0.3, 0.4) is 0 Å². The summed E-state index contributed by atoms with van der Waals surface area (Å²) in [6, 6.07) is 0. The number of thioether (sulfide) groups is 1. The van der Waals surface area contributed by atoms with Gasteiger partial charge in [0.1, 0.15) is 11.6 Å². The Morgan fingerprint density at radius 1 is 1.28 bits per heavy atom. The molecule has 1 aliphatic carbocycles. The molecule has 1 heterocycles. The molecule has 1 aliphatic rings. The summed E-state index contributed by atoms with van der Waals surface area (Å²) in [5, 5.41) is 4.10. The third-order valence-corrected chi connectivity index (χ3v) is 4.16. The van der Waals surface area contributed by atoms with Gasteiger partial charge in [-0.15, -0.1) is 0 Å². The molecule has 0 aliphatic heterocycles. The number of hydrogen-bond donors (Lipinski definition) is 1. The number of aryl methyl sites for hydroxylation is 1. The molecular formula is C14H23N3S. The van der Waals surface area contributed by atoms with Crippen molar-refractivity contribution in [1.29, 1.82) is 0 Å². The molecular weight excluding hydrogens is 242 g/mol. The smallest absolute Gasteiger partial charge is 0.140 e. The zero-order valence-corrected chi connectivity index (χ0v) is 12.4. The summed E-state index contributed by atoms with van der Waals surface area (Å²) in [5.41, 5.74) is 2.64. The average Bonchev–Trinajstić information content (AvgIpc) is 2.81. The Bertz CT molecular complexity index is 404. The van der Waals surface area contributed by atoms with Crippen LogP contribution in [0, 0.1) is 0 Å². The lowest BCUT2D eigenvalue weighted by atomic mass is 10.2. The lowest BCUT2D eigenvalue weighted by molar-refractivity contribution is 0.893. The van der Waals surface area contributed by atoms with E-state index in [1.807, 2.05) is 11.8 Å². The predicted molar refractivity (Wildman–Crippen MR) is 79.3 cm³/mol. The van der Waals surface area contributed by atoms with Crippen LogP contribution in [0.2, 0.25) is 0 Å². The van der Waals surface area contributed by atoms with Gasteiger partial charge in [-0.05, 0) is 30.9 Å². The molecule has 1 aromatic heterocycles. The van der Waals surface area contributed by atoms with Gasteiger partial charge in [-0.1, -0.05) is 20.8 Å². The molecule has 0 fully saturated rings. The van der Waals surface area contributed by atoms with Gasteiger partial charge in [0.25, 0.3) is 0 Å². The summed E-state index contributed by atoms with van der Waals surface area (Å²) in [4.78, 5) is 9.43. The number of aromatic nitrogens is 2. The Labute approximate surface area is 114 Å². The first-order valence-electron chi connectivity index (χ1n) is 6.94. The van der Waals surface area contributed by atoms with Crippen molar-refractivity contribution in [1.82, 2.24) is 9.97 Å². The van der Waals surface area contributed by atoms with Crippen molar-refractivity contribution in [3.05, 3.63) is 17.1 Å². The van der Waals surface area contributed by atoms with E-state index in [-0.39, 0.29) is 0 Å². The van der Waals surface area contributed by atoms with Gasteiger partial charge in [0, 0.05) is 17.8 Å². The second-order valence-electron chi connectivity index (χ2n) is 5.05. The first kappa shape index (κ1) is 13.7. The predicted octanol–water partition coefficient (Wildman–Crippen LogP) is 3.43. The maximum atomic E-state index is 4.72. The lowest BCUT2D eigenvalue weighted by Crippen LogP contribution is -2.09. The highest BCUT2D eigenvalue weighted by atomic mass is 32.2. The fourth-order valence-electron chi connectivity index (χ4n) is 2.18. The van der Waals surface area contributed by atoms with E-state index in [0.29, 0.717) is 5.25 Å². The molecule has 100 valence electrons. The van der Waals surface area contributed by atoms with E-state index >= 15 is 0 Å². The summed E-state index contributed by atoms with van der Waals surface area (Å²) >= 11 is 1.91. The first-order chi connectivity index (χ1) is 8.70. The Hall–Kier alpha value is -0.770. The van der Waals surface area contributed by atoms with Crippen molar-refractivity contribution in [3.63, 3.8) is 0 Å². The molecule has 0 amide bonds. The molecule has 1 aromatic rings. The standard InChI is InChI=1S/C14H23N3S/c1-4-8-15-14-11-6-5-7-12(11)16-13(17-14)9-18-10(2)3/h10H,4-9H2,1-3H3,(H,15,16,17). The zero-order valence-electron chi connectivity index (χ0n) is 11.6. The maximum Gasteiger partial charge on any atom is 0.140 e. The van der Waals surface area contributed by atoms with Crippen LogP contribution in [0.1, 0.15) is 50.7 Å². The quantitative estimate of drug-likeness (QED) is 0.855. The van der Waals surface area contributed by atoms with Gasteiger partial charge in [0.05, 0.1) is 5.75 Å². The van der Waals surface area contributed by atoms with Crippen LogP contribution >= 0.6 is 11.8 Å². The molecule has 2 rings (SSSR count). The Morgan fingerprint density at radius 3 is 2.83 bits per heavy atom. The van der Waals surface area contributed by atoms with E-state index in [0.717, 1.165) is 43.2 Å². The van der Waals surface area contributed by atoms with Crippen LogP contribution in [-0.4, -0.2) is 21.8 Å². The number of nitrogens with one attached hydrogen (secondary N) is 1. The third kappa shape index (κ3) is 3.37. The highest BCUT2D eigenvalue weighted by molar-refractivity contribution is 7.99. The molecule has 0 unspecified atom stereocenters. The number of rotatable bonds is 6. The normalized spacial score (nSPS) is 14.0. The minimum Gasteiger partial charge on any atom is -0.370 e. The summed E-state index contributed by atoms with van der Waals surface area (Å²) < 4.78 is 0. The van der Waals surface area contributed by atoms with Gasteiger partial charge >= 0.3 is 0 Å². The molecule has 0 spiro atoms. The van der Waals surface area contributed by atoms with E-state index in [1.54, 1.807) is 0 Å². The Kier molecular flexibility index (Phi) is 4.87. The van der Waals surface area contributed by atoms with E-state index in [9.17, 15) is 0 Å². The lowest BCUT2D eigenvalue weighted by Gasteiger charge is -2.12. The molecule has 4 heteroatoms. The molecule has 0 saturated heterocycles. The minimum absolute atomic E-state index is 0.633. The van der Waals surface area contributed by atoms with E-state index in [4.69, 9.17) is 9.97 Å². The molecule has 0 radical (unpaired) electrons. The van der Waals surface area contributed by atoms with Crippen LogP contribution in [0.4, 0.5) is 5.82 Å². The zero-order chi connectivity index (χ0) is 13.0. The Morgan fingerprint density at radius 2 is 2.11 bits per heavy atom. The average molecular weight is 265 g/mol. The fourth-order valence-corrected chi connectivity index (χ4v) is 2.79. The van der Waals surface area contributed by atoms with Gasteiger partial charge in [-0.3, -0.25) is 0 Å². The number of fused-ring (bicyclic) bond motifs is 1. The van der Waals surface area contributed by atoms with Gasteiger partial charge in [-0.25, -0.2) is 9.97 Å². The molecule has 1 N–H and O–H groups in total. The van der Waals surface area contributed by atoms with Crippen molar-refractivity contribution in [2.24, 2.45) is 0 Å². The third-order valence-electron chi connectivity index (χ3n) is 3.07. The topological polar surface area (TPSA) is 37.8 Å². The van der Waals surface area contributed by atoms with Crippen LogP contribution in [0.25, 0.3) is 0 Å². The van der Waals surface area contributed by atoms with E-state index in [1.165, 1.54) is 17.7 Å². The molecule has 0 atom stereocenters. The van der Waals surface area contributed by atoms with Gasteiger partial charge < -0.3 is 5.32 Å². The first-order valence-corrected chi connectivity index (χ1v) is 7.99. The second-order valence-corrected chi connectivity index (χ2v) is 6.62. The van der Waals surface area contributed by atoms with Gasteiger partial charge in [0.15, 0.2) is 0 Å². The van der Waals surface area contributed by atoms with Gasteiger partial charge in [0.2, 0.25) is 0 Å². The van der Waals surface area contributed by atoms with Crippen molar-refractivity contribution in [3.8, 4) is 0 Å². The van der Waals surface area contributed by atoms with Crippen LogP contribution < -0.4 is 5.32 Å². The highest BCUT2D eigenvalue weighted by Crippen LogP contribution is 2.27. The molecule has 0 bridgehead atoms. The van der Waals surface area contributed by atoms with Crippen LogP contribution in [0.15, 0.2) is 0 Å². The van der Waals surface area contributed by atoms with Crippen LogP contribution in [-0.2, 0) is 18.6 Å². The Balaban J connectivity index is 2.16.